The molecule has 5 heterocycles. The van der Waals surface area contributed by atoms with Crippen molar-refractivity contribution in [3.8, 4) is 17.3 Å². The highest BCUT2D eigenvalue weighted by Gasteiger charge is 2.28. The average Bonchev–Trinajstić information content (AvgIpc) is 3.64. The molecule has 4 aromatic rings. The molecule has 44 heavy (non-hydrogen) atoms. The molecule has 0 bridgehead atoms. The molecule has 11 heteroatoms. The van der Waals surface area contributed by atoms with E-state index in [0.717, 1.165) is 53.2 Å². The quantitative estimate of drug-likeness (QED) is 0.272. The molecule has 0 radical (unpaired) electrons. The minimum Gasteiger partial charge on any atom is -0.482 e. The molecule has 1 atom stereocenters. The van der Waals surface area contributed by atoms with Gasteiger partial charge in [-0.1, -0.05) is 0 Å². The highest BCUT2D eigenvalue weighted by Crippen LogP contribution is 2.37. The van der Waals surface area contributed by atoms with E-state index in [9.17, 15) is 9.59 Å². The van der Waals surface area contributed by atoms with E-state index >= 15 is 0 Å². The summed E-state index contributed by atoms with van der Waals surface area (Å²) >= 11 is 0. The van der Waals surface area contributed by atoms with Crippen molar-refractivity contribution in [1.82, 2.24) is 29.2 Å². The molecule has 0 spiro atoms. The molecule has 2 fully saturated rings. The highest BCUT2D eigenvalue weighted by atomic mass is 16.6. The number of hydrogen-bond donors (Lipinski definition) is 2. The molecule has 232 valence electrons. The zero-order valence-corrected chi connectivity index (χ0v) is 26.4. The molecule has 2 aliphatic rings. The third kappa shape index (κ3) is 5.87. The maximum atomic E-state index is 13.4. The predicted molar refractivity (Wildman–Crippen MR) is 169 cm³/mol. The summed E-state index contributed by atoms with van der Waals surface area (Å²) in [6, 6.07) is 9.33. The fourth-order valence-corrected chi connectivity index (χ4v) is 5.90. The first kappa shape index (κ1) is 29.7. The van der Waals surface area contributed by atoms with Crippen molar-refractivity contribution in [3.05, 3.63) is 47.3 Å². The minimum absolute atomic E-state index is 0.119. The second kappa shape index (κ2) is 11.3. The van der Waals surface area contributed by atoms with Crippen LogP contribution < -0.4 is 10.1 Å². The molecule has 0 aromatic carbocycles. The van der Waals surface area contributed by atoms with Gasteiger partial charge in [-0.05, 0) is 90.5 Å². The van der Waals surface area contributed by atoms with Crippen molar-refractivity contribution in [2.75, 3.05) is 20.2 Å². The van der Waals surface area contributed by atoms with Gasteiger partial charge in [-0.2, -0.15) is 0 Å². The van der Waals surface area contributed by atoms with E-state index in [0.29, 0.717) is 41.8 Å². The maximum absolute atomic E-state index is 13.4. The summed E-state index contributed by atoms with van der Waals surface area (Å²) in [5.41, 5.74) is 5.34. The van der Waals surface area contributed by atoms with Crippen LogP contribution in [0, 0.1) is 18.3 Å². The lowest BCUT2D eigenvalue weighted by Gasteiger charge is -2.27. The second-order valence-electron chi connectivity index (χ2n) is 13.1. The first-order valence-electron chi connectivity index (χ1n) is 15.3. The molecule has 1 aliphatic heterocycles. The number of methoxy groups -OCH3 is 1. The Morgan fingerprint density at radius 1 is 1.16 bits per heavy atom. The number of piperidine rings is 1. The van der Waals surface area contributed by atoms with Gasteiger partial charge >= 0.3 is 6.09 Å². The minimum atomic E-state index is -0.588. The van der Waals surface area contributed by atoms with Gasteiger partial charge in [0.2, 0.25) is 0 Å². The zero-order chi connectivity index (χ0) is 31.3. The molecule has 1 saturated carbocycles. The second-order valence-corrected chi connectivity index (χ2v) is 13.1. The largest absolute Gasteiger partial charge is 0.482 e. The Labute approximate surface area is 257 Å². The lowest BCUT2D eigenvalue weighted by Crippen LogP contribution is -2.39. The van der Waals surface area contributed by atoms with E-state index in [-0.39, 0.29) is 11.9 Å². The summed E-state index contributed by atoms with van der Waals surface area (Å²) in [4.78, 5) is 37.7. The van der Waals surface area contributed by atoms with Gasteiger partial charge in [-0.3, -0.25) is 9.20 Å². The molecule has 2 N–H and O–H groups in total. The number of nitrogens with zero attached hydrogens (tertiary/aromatic N) is 5. The Balaban J connectivity index is 1.40. The summed E-state index contributed by atoms with van der Waals surface area (Å²) in [6.45, 7) is 11.2. The van der Waals surface area contributed by atoms with Crippen LogP contribution in [0.4, 0.5) is 4.79 Å². The molecule has 1 aliphatic carbocycles. The van der Waals surface area contributed by atoms with Crippen molar-refractivity contribution in [3.63, 3.8) is 0 Å². The smallest absolute Gasteiger partial charge is 0.408 e. The summed E-state index contributed by atoms with van der Waals surface area (Å²) in [5, 5.41) is 12.0. The summed E-state index contributed by atoms with van der Waals surface area (Å²) in [6.07, 6.45) is 3.40. The molecule has 11 nitrogen and oxygen atoms in total. The van der Waals surface area contributed by atoms with Crippen LogP contribution in [0.3, 0.4) is 0 Å². The maximum Gasteiger partial charge on any atom is 0.408 e. The Hall–Kier alpha value is -4.41. The topological polar surface area (TPSA) is 127 Å². The van der Waals surface area contributed by atoms with Gasteiger partial charge in [0.15, 0.2) is 5.88 Å². The monoisotopic (exact) mass is 599 g/mol. The number of amides is 2. The lowest BCUT2D eigenvalue weighted by atomic mass is 10.1. The Kier molecular flexibility index (Phi) is 7.59. The van der Waals surface area contributed by atoms with Crippen LogP contribution in [0.25, 0.3) is 28.1 Å². The van der Waals surface area contributed by atoms with E-state index in [2.05, 4.69) is 16.0 Å². The van der Waals surface area contributed by atoms with Gasteiger partial charge in [-0.25, -0.2) is 14.8 Å². The molecular weight excluding hydrogens is 558 g/mol. The number of alkyl carbamates (subject to hydrolysis) is 1. The zero-order valence-electron chi connectivity index (χ0n) is 26.4. The van der Waals surface area contributed by atoms with Gasteiger partial charge in [-0.15, -0.1) is 0 Å². The van der Waals surface area contributed by atoms with Crippen molar-refractivity contribution in [2.24, 2.45) is 5.92 Å². The number of imidazole rings is 1. The number of pyridine rings is 2. The van der Waals surface area contributed by atoms with Crippen LogP contribution in [0.1, 0.15) is 81.2 Å². The normalized spacial score (nSPS) is 16.4. The van der Waals surface area contributed by atoms with Crippen LogP contribution in [-0.2, 0) is 11.3 Å². The Morgan fingerprint density at radius 2 is 1.93 bits per heavy atom. The number of carbonyl (C=O) groups is 2. The van der Waals surface area contributed by atoms with Crippen LogP contribution in [0.5, 0.6) is 5.88 Å². The molecule has 0 unspecified atom stereocenters. The number of ether oxygens (including phenoxy) is 2. The number of aryl methyl sites for hydroxylation is 1. The molecule has 1 saturated heterocycles. The van der Waals surface area contributed by atoms with Crippen molar-refractivity contribution in [1.29, 1.82) is 5.41 Å². The summed E-state index contributed by atoms with van der Waals surface area (Å²) in [7, 11) is 1.60. The number of nitrogens with one attached hydrogen (secondary N) is 2. The van der Waals surface area contributed by atoms with Gasteiger partial charge in [0.05, 0.1) is 36.8 Å². The molecular formula is C33H41N7O4. The van der Waals surface area contributed by atoms with E-state index in [4.69, 9.17) is 24.9 Å². The van der Waals surface area contributed by atoms with E-state index in [1.165, 1.54) is 12.8 Å². The highest BCUT2D eigenvalue weighted by molar-refractivity contribution is 5.99. The van der Waals surface area contributed by atoms with Crippen LogP contribution >= 0.6 is 0 Å². The number of fused-ring (bicyclic) bond motifs is 2. The van der Waals surface area contributed by atoms with E-state index in [1.54, 1.807) is 18.1 Å². The predicted octanol–water partition coefficient (Wildman–Crippen LogP) is 5.92. The van der Waals surface area contributed by atoms with E-state index < -0.39 is 11.7 Å². The molecule has 4 aromatic heterocycles. The third-order valence-corrected chi connectivity index (χ3v) is 8.27. The summed E-state index contributed by atoms with van der Waals surface area (Å²) in [5.74, 6) is 0.985. The molecule has 2 amide bonds. The number of carbonyl (C=O) groups excluding carboxylic acids is 2. The van der Waals surface area contributed by atoms with Crippen LogP contribution in [-0.4, -0.2) is 67.3 Å². The van der Waals surface area contributed by atoms with Crippen LogP contribution in [0.2, 0.25) is 0 Å². The first-order chi connectivity index (χ1) is 20.9. The van der Waals surface area contributed by atoms with Crippen molar-refractivity contribution in [2.45, 2.75) is 78.5 Å². The van der Waals surface area contributed by atoms with Crippen LogP contribution in [0.15, 0.2) is 30.3 Å². The van der Waals surface area contributed by atoms with Gasteiger partial charge in [0.1, 0.15) is 22.6 Å². The molecule has 6 rings (SSSR count). The summed E-state index contributed by atoms with van der Waals surface area (Å²) < 4.78 is 15.4. The standard InChI is InChI=1S/C33H41N7O4/c1-19(35-32(42)44-33(3,4)5)25-12-11-22-14-26(39(30(22)36-25)17-21-9-10-21)29-20(2)40-27(37-29)15-23(16-28(40)43-6)31(41)38-13-7-8-24(34)18-38/h11-12,14-16,19,21,34H,7-10,13,17-18H2,1-6H3,(H,35,42)/t19-/m1/s1. The van der Waals surface area contributed by atoms with Gasteiger partial charge < -0.3 is 29.7 Å². The number of likely N-dealkylation sites (tertiary alicyclic amines) is 1. The number of rotatable bonds is 7. The van der Waals surface area contributed by atoms with E-state index in [1.807, 2.05) is 57.2 Å². The number of aromatic nitrogens is 4. The third-order valence-electron chi connectivity index (χ3n) is 8.27. The van der Waals surface area contributed by atoms with Crippen molar-refractivity contribution >= 4 is 34.4 Å². The van der Waals surface area contributed by atoms with Crippen molar-refractivity contribution < 1.29 is 19.1 Å². The SMILES string of the molecule is COc1cc(C(=O)N2CCCC(=N)C2)cc2nc(-c3cc4ccc([C@@H](C)NC(=O)OC(C)(C)C)nc4n3CC3CC3)c(C)n12. The Bertz CT molecular complexity index is 1780. The Morgan fingerprint density at radius 3 is 2.61 bits per heavy atom. The fourth-order valence-electron chi connectivity index (χ4n) is 5.90. The van der Waals surface area contributed by atoms with Gasteiger partial charge in [0.25, 0.3) is 5.91 Å². The number of hydrogen-bond acceptors (Lipinski definition) is 7. The first-order valence-corrected chi connectivity index (χ1v) is 15.3. The average molecular weight is 600 g/mol. The van der Waals surface area contributed by atoms with Gasteiger partial charge in [0, 0.05) is 35.8 Å². The lowest BCUT2D eigenvalue weighted by molar-refractivity contribution is 0.0506. The fraction of sp³-hybridized carbons (Fsp3) is 0.485.